The van der Waals surface area contributed by atoms with Crippen molar-refractivity contribution in [2.24, 2.45) is 0 Å². The van der Waals surface area contributed by atoms with Gasteiger partial charge in [0.05, 0.1) is 33.1 Å². The van der Waals surface area contributed by atoms with Gasteiger partial charge in [-0.3, -0.25) is 0 Å². The highest BCUT2D eigenvalue weighted by atomic mass is 15.0. The molecule has 0 radical (unpaired) electrons. The monoisotopic (exact) mass is 718 g/mol. The summed E-state index contributed by atoms with van der Waals surface area (Å²) >= 11 is 0. The summed E-state index contributed by atoms with van der Waals surface area (Å²) in [7, 11) is 0. The van der Waals surface area contributed by atoms with E-state index in [1.807, 2.05) is 0 Å². The molecule has 0 aliphatic carbocycles. The third-order valence-corrected chi connectivity index (χ3v) is 12.2. The first-order valence-corrected chi connectivity index (χ1v) is 19.8. The fourth-order valence-electron chi connectivity index (χ4n) is 9.69. The van der Waals surface area contributed by atoms with Crippen LogP contribution < -0.4 is 0 Å². The van der Waals surface area contributed by atoms with E-state index in [0.717, 1.165) is 12.2 Å². The summed E-state index contributed by atoms with van der Waals surface area (Å²) in [4.78, 5) is 0. The van der Waals surface area contributed by atoms with E-state index in [-0.39, 0.29) is 0 Å². The number of rotatable bonds is 6. The number of benzene rings is 8. The summed E-state index contributed by atoms with van der Waals surface area (Å²) in [5, 5.41) is 10.2. The zero-order chi connectivity index (χ0) is 36.9. The molecule has 56 heavy (non-hydrogen) atoms. The van der Waals surface area contributed by atoms with Crippen LogP contribution in [0.3, 0.4) is 0 Å². The number of hydrogen-bond acceptors (Lipinski definition) is 0. The lowest BCUT2D eigenvalue weighted by molar-refractivity contribution is 0.665. The molecule has 0 aliphatic rings. The average molecular weight is 719 g/mol. The van der Waals surface area contributed by atoms with Crippen LogP contribution in [0.1, 0.15) is 19.8 Å². The van der Waals surface area contributed by atoms with Gasteiger partial charge in [-0.05, 0) is 91.3 Å². The van der Waals surface area contributed by atoms with Crippen molar-refractivity contribution in [3.05, 3.63) is 176 Å². The normalized spacial score (nSPS) is 12.2. The Morgan fingerprint density at radius 2 is 0.589 bits per heavy atom. The highest BCUT2D eigenvalue weighted by Gasteiger charge is 2.19. The number of hydrogen-bond donors (Lipinski definition) is 0. The molecule has 0 saturated heterocycles. The van der Waals surface area contributed by atoms with Crippen molar-refractivity contribution in [1.29, 1.82) is 0 Å². The van der Waals surface area contributed by atoms with Gasteiger partial charge in [0, 0.05) is 77.7 Å². The zero-order valence-electron chi connectivity index (χ0n) is 31.2. The molecule has 4 heterocycles. The zero-order valence-corrected chi connectivity index (χ0v) is 31.2. The smallest absolute Gasteiger partial charge is 0.0542 e. The van der Waals surface area contributed by atoms with Gasteiger partial charge in [0.25, 0.3) is 0 Å². The van der Waals surface area contributed by atoms with Gasteiger partial charge in [-0.25, -0.2) is 0 Å². The van der Waals surface area contributed by atoms with Crippen molar-refractivity contribution in [3.8, 4) is 17.1 Å². The van der Waals surface area contributed by atoms with E-state index in [9.17, 15) is 0 Å². The first-order chi connectivity index (χ1) is 27.8. The molecule has 266 valence electrons. The quantitative estimate of drug-likeness (QED) is 0.163. The van der Waals surface area contributed by atoms with Crippen LogP contribution in [0.2, 0.25) is 0 Å². The predicted molar refractivity (Wildman–Crippen MR) is 237 cm³/mol. The minimum Gasteiger partial charge on any atom is -0.340 e. The third-order valence-electron chi connectivity index (χ3n) is 12.2. The maximum atomic E-state index is 2.51. The molecular formula is C52H38N4. The number of aromatic nitrogens is 4. The summed E-state index contributed by atoms with van der Waals surface area (Å²) in [6.45, 7) is 3.30. The third kappa shape index (κ3) is 4.35. The molecule has 4 nitrogen and oxygen atoms in total. The van der Waals surface area contributed by atoms with E-state index in [1.165, 1.54) is 111 Å². The molecular weight excluding hydrogens is 681 g/mol. The van der Waals surface area contributed by atoms with E-state index in [4.69, 9.17) is 0 Å². The van der Waals surface area contributed by atoms with Crippen molar-refractivity contribution < 1.29 is 0 Å². The van der Waals surface area contributed by atoms with Crippen molar-refractivity contribution >= 4 is 87.2 Å². The molecule has 4 heteroatoms. The van der Waals surface area contributed by atoms with Crippen molar-refractivity contribution in [2.45, 2.75) is 26.3 Å². The molecule has 0 atom stereocenters. The second kappa shape index (κ2) is 12.0. The first kappa shape index (κ1) is 31.3. The maximum absolute atomic E-state index is 2.51. The number of nitrogens with zero attached hydrogens (tertiary/aromatic N) is 4. The number of fused-ring (bicyclic) bond motifs is 12. The highest BCUT2D eigenvalue weighted by molar-refractivity contribution is 6.14. The van der Waals surface area contributed by atoms with Gasteiger partial charge in [-0.1, -0.05) is 104 Å². The Labute approximate surface area is 323 Å². The fraction of sp³-hybridized carbons (Fsp3) is 0.0769. The minimum atomic E-state index is 1.03. The minimum absolute atomic E-state index is 1.03. The van der Waals surface area contributed by atoms with E-state index >= 15 is 0 Å². The molecule has 0 N–H and O–H groups in total. The Kier molecular flexibility index (Phi) is 6.70. The second-order valence-electron chi connectivity index (χ2n) is 15.2. The molecule has 12 rings (SSSR count). The van der Waals surface area contributed by atoms with Crippen LogP contribution in [-0.2, 0) is 6.54 Å². The molecule has 0 amide bonds. The summed E-state index contributed by atoms with van der Waals surface area (Å²) < 4.78 is 9.82. The Bertz CT molecular complexity index is 3480. The Morgan fingerprint density at radius 1 is 0.304 bits per heavy atom. The Hall–Kier alpha value is -7.04. The molecule has 0 fully saturated rings. The van der Waals surface area contributed by atoms with E-state index in [2.05, 4.69) is 201 Å². The largest absolute Gasteiger partial charge is 0.340 e. The van der Waals surface area contributed by atoms with Crippen LogP contribution in [0.25, 0.3) is 104 Å². The predicted octanol–water partition coefficient (Wildman–Crippen LogP) is 13.9. The molecule has 4 aromatic heterocycles. The summed E-state index contributed by atoms with van der Waals surface area (Å²) in [6, 6.07) is 65.1. The van der Waals surface area contributed by atoms with E-state index < -0.39 is 0 Å². The van der Waals surface area contributed by atoms with Gasteiger partial charge in [0.2, 0.25) is 0 Å². The van der Waals surface area contributed by atoms with Gasteiger partial charge in [-0.2, -0.15) is 0 Å². The SMILES string of the molecule is CCCCn1c2ccccc2c2cc(-n3c4ccccc4c4cc(-n5c6ccccc6c6cc(-n7c8ccccc8c8ccccc87)ccc65)ccc43)ccc21. The van der Waals surface area contributed by atoms with Crippen LogP contribution >= 0.6 is 0 Å². The molecule has 8 aromatic carbocycles. The van der Waals surface area contributed by atoms with Gasteiger partial charge >= 0.3 is 0 Å². The van der Waals surface area contributed by atoms with Crippen LogP contribution in [-0.4, -0.2) is 18.3 Å². The fourth-order valence-corrected chi connectivity index (χ4v) is 9.69. The Morgan fingerprint density at radius 3 is 1.00 bits per heavy atom. The second-order valence-corrected chi connectivity index (χ2v) is 15.2. The summed E-state index contributed by atoms with van der Waals surface area (Å²) in [5.74, 6) is 0. The van der Waals surface area contributed by atoms with Gasteiger partial charge in [0.1, 0.15) is 0 Å². The van der Waals surface area contributed by atoms with E-state index in [1.54, 1.807) is 0 Å². The van der Waals surface area contributed by atoms with Gasteiger partial charge < -0.3 is 18.3 Å². The maximum Gasteiger partial charge on any atom is 0.0542 e. The number of para-hydroxylation sites is 5. The van der Waals surface area contributed by atoms with Crippen LogP contribution in [0.15, 0.2) is 176 Å². The first-order valence-electron chi connectivity index (χ1n) is 19.8. The standard InChI is InChI=1S/C52H38N4/c1-2-3-30-53-45-19-9-4-16-39(45)42-31-34(24-27-46(42)53)55-49-22-12-7-18-41(49)44-33-36(26-29-51(44)55)56-50-23-13-8-17-40(50)43-32-35(25-28-52(43)56)54-47-20-10-5-14-37(47)38-15-6-11-21-48(38)54/h4-29,31-33H,2-3,30H2,1H3. The van der Waals surface area contributed by atoms with Gasteiger partial charge in [0.15, 0.2) is 0 Å². The lowest BCUT2D eigenvalue weighted by atomic mass is 10.1. The molecule has 0 unspecified atom stereocenters. The molecule has 0 bridgehead atoms. The van der Waals surface area contributed by atoms with Gasteiger partial charge in [-0.15, -0.1) is 0 Å². The molecule has 0 spiro atoms. The van der Waals surface area contributed by atoms with Crippen molar-refractivity contribution in [3.63, 3.8) is 0 Å². The van der Waals surface area contributed by atoms with Crippen LogP contribution in [0.5, 0.6) is 0 Å². The van der Waals surface area contributed by atoms with Crippen molar-refractivity contribution in [1.82, 2.24) is 18.3 Å². The van der Waals surface area contributed by atoms with Crippen LogP contribution in [0, 0.1) is 0 Å². The van der Waals surface area contributed by atoms with E-state index in [0.29, 0.717) is 0 Å². The number of unbranched alkanes of at least 4 members (excludes halogenated alkanes) is 1. The molecule has 0 aliphatic heterocycles. The van der Waals surface area contributed by atoms with Crippen molar-refractivity contribution in [2.75, 3.05) is 0 Å². The molecule has 0 saturated carbocycles. The lowest BCUT2D eigenvalue weighted by Crippen LogP contribution is -1.98. The topological polar surface area (TPSA) is 19.7 Å². The summed E-state index contributed by atoms with van der Waals surface area (Å²) in [6.07, 6.45) is 2.34. The summed E-state index contributed by atoms with van der Waals surface area (Å²) in [5.41, 5.74) is 13.4. The number of aryl methyl sites for hydroxylation is 1. The average Bonchev–Trinajstić information content (AvgIpc) is 3.97. The highest BCUT2D eigenvalue weighted by Crippen LogP contribution is 2.40. The lowest BCUT2D eigenvalue weighted by Gasteiger charge is -2.12. The Balaban J connectivity index is 1.06. The van der Waals surface area contributed by atoms with Crippen LogP contribution in [0.4, 0.5) is 0 Å². The molecule has 12 aromatic rings.